The summed E-state index contributed by atoms with van der Waals surface area (Å²) in [5.41, 5.74) is 10.9. The minimum atomic E-state index is -0.174. The number of aryl methyl sites for hydroxylation is 2. The van der Waals surface area contributed by atoms with Crippen molar-refractivity contribution in [1.82, 2.24) is 0 Å². The van der Waals surface area contributed by atoms with Gasteiger partial charge in [-0.3, -0.25) is 0 Å². The van der Waals surface area contributed by atoms with Crippen molar-refractivity contribution in [3.8, 4) is 11.5 Å². The van der Waals surface area contributed by atoms with Crippen LogP contribution in [0.3, 0.4) is 0 Å². The molecule has 0 bridgehead atoms. The molecule has 0 aliphatic heterocycles. The highest BCUT2D eigenvalue weighted by Gasteiger charge is 2.27. The highest BCUT2D eigenvalue weighted by molar-refractivity contribution is 7.96. The molecule has 2 nitrogen and oxygen atoms in total. The quantitative estimate of drug-likeness (QED) is 0.0892. The lowest BCUT2D eigenvalue weighted by Gasteiger charge is -2.30. The first-order valence-electron chi connectivity index (χ1n) is 18.6. The maximum atomic E-state index is 6.52. The normalized spacial score (nSPS) is 13.6. The van der Waals surface area contributed by atoms with Crippen molar-refractivity contribution >= 4 is 35.1 Å². The summed E-state index contributed by atoms with van der Waals surface area (Å²) in [7, 11) is 0. The molecule has 0 saturated carbocycles. The number of benzene rings is 4. The Bertz CT molecular complexity index is 1750. The molecule has 0 fully saturated rings. The Labute approximate surface area is 314 Å². The summed E-state index contributed by atoms with van der Waals surface area (Å²) in [5.74, 6) is 3.47. The molecule has 50 heavy (non-hydrogen) atoms. The average Bonchev–Trinajstić information content (AvgIpc) is 3.11. The molecule has 4 aromatic carbocycles. The minimum Gasteiger partial charge on any atom is -0.493 e. The molecule has 4 rings (SSSR count). The van der Waals surface area contributed by atoms with Gasteiger partial charge in [0, 0.05) is 21.6 Å². The third-order valence-electron chi connectivity index (χ3n) is 10.5. The van der Waals surface area contributed by atoms with E-state index in [2.05, 4.69) is 148 Å². The Morgan fingerprint density at radius 2 is 1.20 bits per heavy atom. The average molecular weight is 709 g/mol. The fourth-order valence-electron chi connectivity index (χ4n) is 6.28. The van der Waals surface area contributed by atoms with Crippen LogP contribution in [0, 0.1) is 19.8 Å². The van der Waals surface area contributed by atoms with Crippen LogP contribution in [0.1, 0.15) is 137 Å². The van der Waals surface area contributed by atoms with Gasteiger partial charge in [0.25, 0.3) is 0 Å². The first-order chi connectivity index (χ1) is 23.8. The van der Waals surface area contributed by atoms with Crippen LogP contribution in [0.2, 0.25) is 0 Å². The molecular weight excluding hydrogens is 649 g/mol. The van der Waals surface area contributed by atoms with Crippen molar-refractivity contribution in [3.63, 3.8) is 0 Å². The zero-order valence-corrected chi connectivity index (χ0v) is 34.0. The summed E-state index contributed by atoms with van der Waals surface area (Å²) in [6.45, 7) is 23.9. The summed E-state index contributed by atoms with van der Waals surface area (Å²) in [6, 6.07) is 28.8. The van der Waals surface area contributed by atoms with Gasteiger partial charge in [-0.2, -0.15) is 0 Å². The van der Waals surface area contributed by atoms with E-state index in [1.807, 2.05) is 0 Å². The summed E-state index contributed by atoms with van der Waals surface area (Å²) in [4.78, 5) is 1.78. The van der Waals surface area contributed by atoms with Crippen LogP contribution >= 0.6 is 25.3 Å². The van der Waals surface area contributed by atoms with Crippen molar-refractivity contribution in [2.24, 2.45) is 5.92 Å². The lowest BCUT2D eigenvalue weighted by atomic mass is 9.75. The van der Waals surface area contributed by atoms with Gasteiger partial charge in [-0.1, -0.05) is 128 Å². The van der Waals surface area contributed by atoms with Gasteiger partial charge < -0.3 is 9.47 Å². The molecule has 0 aromatic heterocycles. The molecule has 0 aliphatic carbocycles. The highest BCUT2D eigenvalue weighted by atomic mass is 32.1. The molecule has 0 amide bonds. The molecule has 268 valence electrons. The van der Waals surface area contributed by atoms with Crippen LogP contribution in [0.15, 0.2) is 78.9 Å². The van der Waals surface area contributed by atoms with Gasteiger partial charge in [0.05, 0.1) is 13.2 Å². The second-order valence-electron chi connectivity index (χ2n) is 15.1. The Balaban J connectivity index is 1.51. The lowest BCUT2D eigenvalue weighted by Crippen LogP contribution is -2.20. The third-order valence-corrected chi connectivity index (χ3v) is 11.6. The van der Waals surface area contributed by atoms with E-state index in [4.69, 9.17) is 34.7 Å². The Morgan fingerprint density at radius 3 is 1.72 bits per heavy atom. The third kappa shape index (κ3) is 9.82. The Kier molecular flexibility index (Phi) is 14.2. The fraction of sp³-hybridized carbons (Fsp3) is 0.435. The lowest BCUT2D eigenvalue weighted by molar-refractivity contribution is 0.285. The van der Waals surface area contributed by atoms with E-state index >= 15 is 0 Å². The van der Waals surface area contributed by atoms with Crippen LogP contribution in [0.5, 0.6) is 11.5 Å². The van der Waals surface area contributed by atoms with Gasteiger partial charge in [0.2, 0.25) is 0 Å². The van der Waals surface area contributed by atoms with Gasteiger partial charge in [0.1, 0.15) is 11.5 Å². The van der Waals surface area contributed by atoms with Gasteiger partial charge in [0.15, 0.2) is 0 Å². The van der Waals surface area contributed by atoms with E-state index in [1.165, 1.54) is 38.9 Å². The maximum Gasteiger partial charge on any atom is 0.122 e. The minimum absolute atomic E-state index is 0.174. The van der Waals surface area contributed by atoms with Gasteiger partial charge in [-0.05, 0) is 108 Å². The predicted molar refractivity (Wildman–Crippen MR) is 224 cm³/mol. The standard InChI is InChI=1S/C46H60O2S2/c1-11-32(6)39-28-37(19-21-42(39)47-25-23-30(3)4)46(9,10)38-20-22-43(40(29-38)33(7)12-2)48-26-24-35-15-17-36(18-16-35)44(49)45(50)41-27-31(5)13-14-34(41)8/h13-22,27-30,32-33,49-50H,11-12,23-26H2,1-10H3/b45-44-. The number of hydrogen-bond donors (Lipinski definition) is 2. The van der Waals surface area contributed by atoms with Crippen LogP contribution in [0.25, 0.3) is 9.81 Å². The van der Waals surface area contributed by atoms with E-state index < -0.39 is 0 Å². The molecule has 0 N–H and O–H groups in total. The molecule has 0 radical (unpaired) electrons. The second-order valence-corrected chi connectivity index (χ2v) is 16.0. The van der Waals surface area contributed by atoms with Crippen molar-refractivity contribution in [2.45, 2.75) is 112 Å². The van der Waals surface area contributed by atoms with Gasteiger partial charge in [-0.25, -0.2) is 0 Å². The smallest absolute Gasteiger partial charge is 0.122 e. The topological polar surface area (TPSA) is 18.5 Å². The molecule has 0 aliphatic rings. The fourth-order valence-corrected chi connectivity index (χ4v) is 6.92. The molecule has 0 saturated heterocycles. The summed E-state index contributed by atoms with van der Waals surface area (Å²) in [6.07, 6.45) is 4.02. The first-order valence-corrected chi connectivity index (χ1v) is 19.5. The van der Waals surface area contributed by atoms with E-state index in [1.54, 1.807) is 0 Å². The van der Waals surface area contributed by atoms with E-state index in [9.17, 15) is 0 Å². The van der Waals surface area contributed by atoms with Crippen molar-refractivity contribution in [2.75, 3.05) is 13.2 Å². The Hall–Kier alpha value is -3.08. The van der Waals surface area contributed by atoms with Gasteiger partial charge in [-0.15, -0.1) is 25.3 Å². The summed E-state index contributed by atoms with van der Waals surface area (Å²) < 4.78 is 12.8. The molecule has 0 heterocycles. The van der Waals surface area contributed by atoms with E-state index in [0.717, 1.165) is 64.7 Å². The predicted octanol–water partition coefficient (Wildman–Crippen LogP) is 13.4. The number of ether oxygens (including phenoxy) is 2. The largest absolute Gasteiger partial charge is 0.493 e. The second kappa shape index (κ2) is 17.9. The highest BCUT2D eigenvalue weighted by Crippen LogP contribution is 2.40. The molecule has 2 atom stereocenters. The number of thiol groups is 2. The van der Waals surface area contributed by atoms with Crippen molar-refractivity contribution < 1.29 is 9.47 Å². The number of hydrogen-bond acceptors (Lipinski definition) is 4. The van der Waals surface area contributed by atoms with Crippen LogP contribution in [-0.2, 0) is 11.8 Å². The van der Waals surface area contributed by atoms with Gasteiger partial charge >= 0.3 is 0 Å². The molecule has 4 aromatic rings. The first kappa shape index (κ1) is 39.7. The Morgan fingerprint density at radius 1 is 0.660 bits per heavy atom. The van der Waals surface area contributed by atoms with Crippen molar-refractivity contribution in [3.05, 3.63) is 129 Å². The van der Waals surface area contributed by atoms with Crippen LogP contribution in [0.4, 0.5) is 0 Å². The van der Waals surface area contributed by atoms with Crippen LogP contribution < -0.4 is 9.47 Å². The number of rotatable bonds is 16. The molecule has 2 unspecified atom stereocenters. The zero-order chi connectivity index (χ0) is 36.6. The van der Waals surface area contributed by atoms with E-state index in [-0.39, 0.29) is 5.41 Å². The molecule has 4 heteroatoms. The molecule has 0 spiro atoms. The SMILES string of the molecule is CCC(C)c1cc(C(C)(C)c2ccc(OCCC(C)C)c(C(C)CC)c2)ccc1OCCc1ccc(/C(S)=C(/S)c2cc(C)ccc2C)cc1. The molecular formula is C46H60O2S2. The monoisotopic (exact) mass is 708 g/mol. The van der Waals surface area contributed by atoms with Crippen LogP contribution in [-0.4, -0.2) is 13.2 Å². The van der Waals surface area contributed by atoms with Crippen molar-refractivity contribution in [1.29, 1.82) is 0 Å². The summed E-state index contributed by atoms with van der Waals surface area (Å²) in [5, 5.41) is 0. The van der Waals surface area contributed by atoms with E-state index in [0.29, 0.717) is 24.4 Å². The maximum absolute atomic E-state index is 6.52. The summed E-state index contributed by atoms with van der Waals surface area (Å²) >= 11 is 9.72. The zero-order valence-electron chi connectivity index (χ0n) is 32.2.